The molecule has 0 atom stereocenters. The maximum atomic E-state index is 12.3. The lowest BCUT2D eigenvalue weighted by molar-refractivity contribution is -0.196. The summed E-state index contributed by atoms with van der Waals surface area (Å²) < 4.78 is 16.8. The van der Waals surface area contributed by atoms with E-state index in [9.17, 15) is 4.79 Å². The highest BCUT2D eigenvalue weighted by Gasteiger charge is 2.21. The van der Waals surface area contributed by atoms with Crippen molar-refractivity contribution in [1.29, 1.82) is 0 Å². The Morgan fingerprint density at radius 2 is 0.926 bits per heavy atom. The van der Waals surface area contributed by atoms with E-state index in [1.807, 2.05) is 0 Å². The minimum absolute atomic E-state index is 0.354. The Hall–Kier alpha value is -0.610. The number of carbonyl (C=O) groups excluding carboxylic acids is 1. The molecule has 0 unspecified atom stereocenters. The van der Waals surface area contributed by atoms with Gasteiger partial charge in [-0.15, -0.1) is 0 Å². The fourth-order valence-electron chi connectivity index (χ4n) is 2.92. The standard InChI is InChI=1S/C23H46O4/c1-4-7-10-13-16-19-25-22(24)23(26-20-17-14-11-8-5-2)27-21-18-15-12-9-6-3/h23H,4-21H2,1-3H3. The van der Waals surface area contributed by atoms with Crippen molar-refractivity contribution < 1.29 is 19.0 Å². The van der Waals surface area contributed by atoms with Crippen LogP contribution in [0.2, 0.25) is 0 Å². The summed E-state index contributed by atoms with van der Waals surface area (Å²) in [6.07, 6.45) is 16.5. The molecule has 4 heteroatoms. The average molecular weight is 387 g/mol. The predicted molar refractivity (Wildman–Crippen MR) is 113 cm³/mol. The van der Waals surface area contributed by atoms with Gasteiger partial charge in [0, 0.05) is 0 Å². The fourth-order valence-corrected chi connectivity index (χ4v) is 2.92. The van der Waals surface area contributed by atoms with Crippen LogP contribution in [0.3, 0.4) is 0 Å². The van der Waals surface area contributed by atoms with Gasteiger partial charge >= 0.3 is 5.97 Å². The van der Waals surface area contributed by atoms with Gasteiger partial charge in [-0.1, -0.05) is 97.8 Å². The lowest BCUT2D eigenvalue weighted by Crippen LogP contribution is -2.30. The number of carbonyl (C=O) groups is 1. The Morgan fingerprint density at radius 1 is 0.556 bits per heavy atom. The van der Waals surface area contributed by atoms with Crippen LogP contribution in [0, 0.1) is 0 Å². The van der Waals surface area contributed by atoms with E-state index in [0.717, 1.165) is 38.5 Å². The Labute approximate surface area is 168 Å². The third kappa shape index (κ3) is 18.5. The number of hydrogen-bond donors (Lipinski definition) is 0. The van der Waals surface area contributed by atoms with Crippen molar-refractivity contribution in [3.05, 3.63) is 0 Å². The largest absolute Gasteiger partial charge is 0.462 e. The van der Waals surface area contributed by atoms with Crippen LogP contribution in [0.15, 0.2) is 0 Å². The van der Waals surface area contributed by atoms with Crippen LogP contribution < -0.4 is 0 Å². The lowest BCUT2D eigenvalue weighted by Gasteiger charge is -2.17. The summed E-state index contributed by atoms with van der Waals surface area (Å²) in [7, 11) is 0. The molecule has 0 aromatic carbocycles. The first-order valence-corrected chi connectivity index (χ1v) is 11.7. The highest BCUT2D eigenvalue weighted by molar-refractivity contribution is 5.73. The number of rotatable bonds is 21. The molecule has 0 amide bonds. The number of ether oxygens (including phenoxy) is 3. The second-order valence-electron chi connectivity index (χ2n) is 7.48. The fraction of sp³-hybridized carbons (Fsp3) is 0.957. The van der Waals surface area contributed by atoms with E-state index >= 15 is 0 Å². The molecule has 0 bridgehead atoms. The molecule has 0 saturated carbocycles. The van der Waals surface area contributed by atoms with Gasteiger partial charge in [0.25, 0.3) is 6.29 Å². The molecule has 27 heavy (non-hydrogen) atoms. The predicted octanol–water partition coefficient (Wildman–Crippen LogP) is 6.80. The molecule has 0 aromatic heterocycles. The Bertz CT molecular complexity index is 291. The van der Waals surface area contributed by atoms with Crippen LogP contribution >= 0.6 is 0 Å². The quantitative estimate of drug-likeness (QED) is 0.124. The second kappa shape index (κ2) is 21.7. The van der Waals surface area contributed by atoms with Crippen molar-refractivity contribution in [1.82, 2.24) is 0 Å². The SMILES string of the molecule is CCCCCCCOC(=O)C(OCCCCCCC)OCCCCCCC. The van der Waals surface area contributed by atoms with E-state index in [2.05, 4.69) is 20.8 Å². The number of unbranched alkanes of at least 4 members (excludes halogenated alkanes) is 12. The minimum atomic E-state index is -0.849. The summed E-state index contributed by atoms with van der Waals surface area (Å²) in [6.45, 7) is 8.21. The molecule has 4 nitrogen and oxygen atoms in total. The van der Waals surface area contributed by atoms with Crippen LogP contribution in [0.5, 0.6) is 0 Å². The molecule has 0 saturated heterocycles. The van der Waals surface area contributed by atoms with E-state index in [0.29, 0.717) is 19.8 Å². The first-order chi connectivity index (χ1) is 13.3. The van der Waals surface area contributed by atoms with Crippen LogP contribution in [-0.2, 0) is 19.0 Å². The van der Waals surface area contributed by atoms with Crippen LogP contribution in [0.25, 0.3) is 0 Å². The van der Waals surface area contributed by atoms with Crippen molar-refractivity contribution in [2.45, 2.75) is 123 Å². The van der Waals surface area contributed by atoms with Gasteiger partial charge in [-0.3, -0.25) is 0 Å². The highest BCUT2D eigenvalue weighted by atomic mass is 16.7. The second-order valence-corrected chi connectivity index (χ2v) is 7.48. The molecule has 0 aliphatic rings. The zero-order valence-corrected chi connectivity index (χ0v) is 18.4. The summed E-state index contributed by atoms with van der Waals surface area (Å²) in [5.74, 6) is -0.354. The van der Waals surface area contributed by atoms with Gasteiger partial charge in [-0.25, -0.2) is 4.79 Å². The van der Waals surface area contributed by atoms with Gasteiger partial charge in [0.2, 0.25) is 0 Å². The normalized spacial score (nSPS) is 11.3. The van der Waals surface area contributed by atoms with Crippen LogP contribution in [0.1, 0.15) is 117 Å². The Morgan fingerprint density at radius 3 is 1.33 bits per heavy atom. The first-order valence-electron chi connectivity index (χ1n) is 11.7. The molecule has 0 N–H and O–H groups in total. The van der Waals surface area contributed by atoms with Crippen molar-refractivity contribution in [2.75, 3.05) is 19.8 Å². The molecular weight excluding hydrogens is 340 g/mol. The van der Waals surface area contributed by atoms with E-state index < -0.39 is 6.29 Å². The summed E-state index contributed by atoms with van der Waals surface area (Å²) in [5.41, 5.74) is 0. The van der Waals surface area contributed by atoms with Crippen LogP contribution in [0.4, 0.5) is 0 Å². The van der Waals surface area contributed by atoms with Gasteiger partial charge in [-0.05, 0) is 19.3 Å². The molecule has 0 spiro atoms. The van der Waals surface area contributed by atoms with Gasteiger partial charge in [0.1, 0.15) is 0 Å². The average Bonchev–Trinajstić information content (AvgIpc) is 2.68. The third-order valence-corrected chi connectivity index (χ3v) is 4.72. The van der Waals surface area contributed by atoms with Crippen molar-refractivity contribution in [3.63, 3.8) is 0 Å². The summed E-state index contributed by atoms with van der Waals surface area (Å²) in [5, 5.41) is 0. The first kappa shape index (κ1) is 26.4. The van der Waals surface area contributed by atoms with Gasteiger partial charge in [0.05, 0.1) is 19.8 Å². The monoisotopic (exact) mass is 386 g/mol. The van der Waals surface area contributed by atoms with E-state index in [-0.39, 0.29) is 5.97 Å². The molecule has 0 heterocycles. The van der Waals surface area contributed by atoms with Gasteiger partial charge in [-0.2, -0.15) is 0 Å². The zero-order chi connectivity index (χ0) is 20.0. The van der Waals surface area contributed by atoms with Crippen LogP contribution in [-0.4, -0.2) is 32.1 Å². The van der Waals surface area contributed by atoms with Crippen molar-refractivity contribution in [2.24, 2.45) is 0 Å². The molecular formula is C23H46O4. The molecule has 162 valence electrons. The molecule has 0 fully saturated rings. The maximum absolute atomic E-state index is 12.3. The van der Waals surface area contributed by atoms with E-state index in [1.165, 1.54) is 57.8 Å². The zero-order valence-electron chi connectivity index (χ0n) is 18.4. The molecule has 0 rings (SSSR count). The topological polar surface area (TPSA) is 44.8 Å². The summed E-state index contributed by atoms with van der Waals surface area (Å²) in [4.78, 5) is 12.3. The maximum Gasteiger partial charge on any atom is 0.363 e. The molecule has 0 aliphatic heterocycles. The van der Waals surface area contributed by atoms with E-state index in [4.69, 9.17) is 14.2 Å². The number of esters is 1. The van der Waals surface area contributed by atoms with Crippen molar-refractivity contribution >= 4 is 5.97 Å². The van der Waals surface area contributed by atoms with E-state index in [1.54, 1.807) is 0 Å². The molecule has 0 aromatic rings. The summed E-state index contributed by atoms with van der Waals surface area (Å²) in [6, 6.07) is 0. The minimum Gasteiger partial charge on any atom is -0.462 e. The third-order valence-electron chi connectivity index (χ3n) is 4.72. The molecule has 0 aliphatic carbocycles. The lowest BCUT2D eigenvalue weighted by atomic mass is 10.2. The smallest absolute Gasteiger partial charge is 0.363 e. The van der Waals surface area contributed by atoms with Gasteiger partial charge in [0.15, 0.2) is 0 Å². The number of hydrogen-bond acceptors (Lipinski definition) is 4. The Kier molecular flexibility index (Phi) is 21.2. The highest BCUT2D eigenvalue weighted by Crippen LogP contribution is 2.09. The Balaban J connectivity index is 4.02. The molecule has 0 radical (unpaired) electrons. The van der Waals surface area contributed by atoms with Gasteiger partial charge < -0.3 is 14.2 Å². The summed E-state index contributed by atoms with van der Waals surface area (Å²) >= 11 is 0. The van der Waals surface area contributed by atoms with Crippen molar-refractivity contribution in [3.8, 4) is 0 Å².